The molecule has 1 saturated heterocycles. The van der Waals surface area contributed by atoms with Gasteiger partial charge in [0.2, 0.25) is 0 Å². The fourth-order valence-electron chi connectivity index (χ4n) is 2.89. The first kappa shape index (κ1) is 16.9. The normalized spacial score (nSPS) is 18.2. The van der Waals surface area contributed by atoms with Crippen molar-refractivity contribution >= 4 is 17.4 Å². The maximum Gasteiger partial charge on any atom is 0.318 e. The van der Waals surface area contributed by atoms with Crippen molar-refractivity contribution in [1.29, 1.82) is 0 Å². The molecule has 1 aliphatic heterocycles. The molecule has 8 heteroatoms. The van der Waals surface area contributed by atoms with E-state index in [0.29, 0.717) is 6.54 Å². The van der Waals surface area contributed by atoms with E-state index in [9.17, 15) is 4.79 Å². The van der Waals surface area contributed by atoms with Crippen LogP contribution >= 0.6 is 11.3 Å². The van der Waals surface area contributed by atoms with Gasteiger partial charge in [0, 0.05) is 23.5 Å². The van der Waals surface area contributed by atoms with Gasteiger partial charge in [0.1, 0.15) is 10.8 Å². The third-order valence-electron chi connectivity index (χ3n) is 4.17. The Kier molecular flexibility index (Phi) is 5.13. The smallest absolute Gasteiger partial charge is 0.318 e. The second-order valence-corrected chi connectivity index (χ2v) is 7.42. The molecule has 1 aliphatic rings. The van der Waals surface area contributed by atoms with E-state index in [1.165, 1.54) is 0 Å². The van der Waals surface area contributed by atoms with Gasteiger partial charge in [0.05, 0.1) is 12.6 Å². The number of piperidine rings is 1. The number of likely N-dealkylation sites (tertiary alicyclic amines) is 1. The van der Waals surface area contributed by atoms with E-state index >= 15 is 0 Å². The van der Waals surface area contributed by atoms with Crippen LogP contribution in [0.5, 0.6) is 0 Å². The zero-order chi connectivity index (χ0) is 17.1. The molecule has 0 bridgehead atoms. The van der Waals surface area contributed by atoms with Crippen molar-refractivity contribution in [2.75, 3.05) is 6.54 Å². The fourth-order valence-corrected chi connectivity index (χ4v) is 3.60. The van der Waals surface area contributed by atoms with Gasteiger partial charge >= 0.3 is 6.03 Å². The van der Waals surface area contributed by atoms with E-state index in [1.54, 1.807) is 11.3 Å². The summed E-state index contributed by atoms with van der Waals surface area (Å²) in [5.74, 6) is 1.86. The second-order valence-electron chi connectivity index (χ2n) is 6.48. The molecule has 3 heterocycles. The minimum absolute atomic E-state index is 0.0308. The maximum atomic E-state index is 12.6. The number of amides is 2. The van der Waals surface area contributed by atoms with Crippen LogP contribution in [0.2, 0.25) is 0 Å². The zero-order valence-electron chi connectivity index (χ0n) is 14.4. The summed E-state index contributed by atoms with van der Waals surface area (Å²) in [6, 6.07) is -0.0909. The van der Waals surface area contributed by atoms with Gasteiger partial charge < -0.3 is 10.2 Å². The topological polar surface area (TPSA) is 86.8 Å². The lowest BCUT2D eigenvalue weighted by molar-refractivity contribution is 0.147. The number of carbonyl (C=O) groups excluding carboxylic acids is 1. The van der Waals surface area contributed by atoms with Crippen molar-refractivity contribution in [3.05, 3.63) is 27.7 Å². The number of aromatic amines is 1. The second kappa shape index (κ2) is 7.29. The molecule has 7 nitrogen and oxygen atoms in total. The highest BCUT2D eigenvalue weighted by molar-refractivity contribution is 7.09. The molecule has 130 valence electrons. The molecule has 0 aliphatic carbocycles. The van der Waals surface area contributed by atoms with Crippen LogP contribution in [0.1, 0.15) is 67.4 Å². The van der Waals surface area contributed by atoms with Gasteiger partial charge in [-0.25, -0.2) is 14.8 Å². The average Bonchev–Trinajstić information content (AvgIpc) is 3.22. The maximum absolute atomic E-state index is 12.6. The van der Waals surface area contributed by atoms with Crippen LogP contribution < -0.4 is 5.32 Å². The number of aryl methyl sites for hydroxylation is 1. The minimum Gasteiger partial charge on any atom is -0.331 e. The Hall–Kier alpha value is -1.96. The van der Waals surface area contributed by atoms with Gasteiger partial charge in [-0.1, -0.05) is 13.8 Å². The highest BCUT2D eigenvalue weighted by Crippen LogP contribution is 2.29. The minimum atomic E-state index is -0.0601. The van der Waals surface area contributed by atoms with Crippen molar-refractivity contribution < 1.29 is 4.79 Å². The lowest BCUT2D eigenvalue weighted by Gasteiger charge is -2.34. The SMILES string of the molecule is Cc1csc(CNC(=O)N2CCCC[C@@H]2c2nc(C(C)C)n[nH]2)n1. The zero-order valence-corrected chi connectivity index (χ0v) is 15.2. The number of hydrogen-bond donors (Lipinski definition) is 2. The molecule has 0 saturated carbocycles. The Balaban J connectivity index is 1.67. The number of rotatable bonds is 4. The van der Waals surface area contributed by atoms with Crippen molar-refractivity contribution in [2.24, 2.45) is 0 Å². The third kappa shape index (κ3) is 3.75. The van der Waals surface area contributed by atoms with Crippen LogP contribution in [0.4, 0.5) is 4.79 Å². The number of urea groups is 1. The number of nitrogens with zero attached hydrogens (tertiary/aromatic N) is 4. The molecule has 24 heavy (non-hydrogen) atoms. The average molecular weight is 348 g/mol. The summed E-state index contributed by atoms with van der Waals surface area (Å²) >= 11 is 1.57. The first-order valence-corrected chi connectivity index (χ1v) is 9.30. The van der Waals surface area contributed by atoms with E-state index in [2.05, 4.69) is 39.3 Å². The van der Waals surface area contributed by atoms with Gasteiger partial charge in [-0.2, -0.15) is 5.10 Å². The molecule has 1 atom stereocenters. The summed E-state index contributed by atoms with van der Waals surface area (Å²) in [4.78, 5) is 23.5. The summed E-state index contributed by atoms with van der Waals surface area (Å²) in [6.45, 7) is 7.29. The number of carbonyl (C=O) groups is 1. The Morgan fingerprint density at radius 2 is 2.29 bits per heavy atom. The molecular weight excluding hydrogens is 324 g/mol. The van der Waals surface area contributed by atoms with E-state index in [-0.39, 0.29) is 18.0 Å². The molecule has 0 aromatic carbocycles. The Labute approximate surface area is 145 Å². The molecule has 1 fully saturated rings. The Morgan fingerprint density at radius 1 is 1.46 bits per heavy atom. The molecule has 2 aromatic rings. The standard InChI is InChI=1S/C16H24N6OS/c1-10(2)14-19-15(21-20-14)12-6-4-5-7-22(12)16(23)17-8-13-18-11(3)9-24-13/h9-10,12H,4-8H2,1-3H3,(H,17,23)(H,19,20,21)/t12-/m1/s1. The molecule has 0 spiro atoms. The first-order chi connectivity index (χ1) is 11.5. The van der Waals surface area contributed by atoms with Gasteiger partial charge in [0.25, 0.3) is 0 Å². The van der Waals surface area contributed by atoms with Gasteiger partial charge in [-0.05, 0) is 26.2 Å². The van der Waals surface area contributed by atoms with Crippen LogP contribution in [0.25, 0.3) is 0 Å². The van der Waals surface area contributed by atoms with Crippen LogP contribution in [0.15, 0.2) is 5.38 Å². The Bertz CT molecular complexity index is 694. The molecule has 3 rings (SSSR count). The summed E-state index contributed by atoms with van der Waals surface area (Å²) in [5.41, 5.74) is 0.989. The molecule has 0 unspecified atom stereocenters. The number of thiazole rings is 1. The highest BCUT2D eigenvalue weighted by atomic mass is 32.1. The molecule has 2 amide bonds. The van der Waals surface area contributed by atoms with Crippen LogP contribution in [0, 0.1) is 6.92 Å². The predicted molar refractivity (Wildman–Crippen MR) is 92.9 cm³/mol. The van der Waals surface area contributed by atoms with Crippen LogP contribution in [-0.2, 0) is 6.54 Å². The predicted octanol–water partition coefficient (Wildman–Crippen LogP) is 3.13. The molecule has 0 radical (unpaired) electrons. The van der Waals surface area contributed by atoms with E-state index in [1.807, 2.05) is 17.2 Å². The van der Waals surface area contributed by atoms with E-state index in [4.69, 9.17) is 0 Å². The summed E-state index contributed by atoms with van der Waals surface area (Å²) in [6.07, 6.45) is 3.03. The van der Waals surface area contributed by atoms with Crippen molar-refractivity contribution in [1.82, 2.24) is 30.4 Å². The number of hydrogen-bond acceptors (Lipinski definition) is 5. The lowest BCUT2D eigenvalue weighted by Crippen LogP contribution is -2.44. The molecule has 2 aromatic heterocycles. The largest absolute Gasteiger partial charge is 0.331 e. The molecule has 2 N–H and O–H groups in total. The number of nitrogens with one attached hydrogen (secondary N) is 2. The van der Waals surface area contributed by atoms with Gasteiger partial charge in [-0.15, -0.1) is 11.3 Å². The molecular formula is C16H24N6OS. The van der Waals surface area contributed by atoms with Gasteiger partial charge in [0.15, 0.2) is 5.82 Å². The monoisotopic (exact) mass is 348 g/mol. The Morgan fingerprint density at radius 3 is 2.96 bits per heavy atom. The lowest BCUT2D eigenvalue weighted by atomic mass is 10.0. The number of aromatic nitrogens is 4. The van der Waals surface area contributed by atoms with E-state index < -0.39 is 0 Å². The van der Waals surface area contributed by atoms with Crippen LogP contribution in [-0.4, -0.2) is 37.6 Å². The van der Waals surface area contributed by atoms with Crippen molar-refractivity contribution in [3.63, 3.8) is 0 Å². The highest BCUT2D eigenvalue weighted by Gasteiger charge is 2.30. The van der Waals surface area contributed by atoms with E-state index in [0.717, 1.165) is 48.2 Å². The summed E-state index contributed by atoms with van der Waals surface area (Å²) in [7, 11) is 0. The van der Waals surface area contributed by atoms with Crippen molar-refractivity contribution in [2.45, 2.75) is 58.5 Å². The summed E-state index contributed by atoms with van der Waals surface area (Å²) in [5, 5.41) is 13.2. The van der Waals surface area contributed by atoms with Crippen LogP contribution in [0.3, 0.4) is 0 Å². The summed E-state index contributed by atoms with van der Waals surface area (Å²) < 4.78 is 0. The van der Waals surface area contributed by atoms with Crippen molar-refractivity contribution in [3.8, 4) is 0 Å². The first-order valence-electron chi connectivity index (χ1n) is 8.42. The number of H-pyrrole nitrogens is 1. The third-order valence-corrected chi connectivity index (χ3v) is 5.14. The van der Waals surface area contributed by atoms with Gasteiger partial charge in [-0.3, -0.25) is 5.10 Å². The quantitative estimate of drug-likeness (QED) is 0.889. The fraction of sp³-hybridized carbons (Fsp3) is 0.625.